The summed E-state index contributed by atoms with van der Waals surface area (Å²) < 4.78 is 5.04. The van der Waals surface area contributed by atoms with Gasteiger partial charge in [-0.15, -0.1) is 0 Å². The van der Waals surface area contributed by atoms with Gasteiger partial charge >= 0.3 is 0 Å². The number of ether oxygens (including phenoxy) is 1. The average Bonchev–Trinajstić information content (AvgIpc) is 2.20. The van der Waals surface area contributed by atoms with Crippen LogP contribution in [0, 0.1) is 5.41 Å². The van der Waals surface area contributed by atoms with E-state index in [0.29, 0.717) is 13.2 Å². The summed E-state index contributed by atoms with van der Waals surface area (Å²) in [4.78, 5) is 2.19. The lowest BCUT2D eigenvalue weighted by Gasteiger charge is -2.29. The smallest absolute Gasteiger partial charge is 0.0589 e. The number of aliphatic hydroxyl groups excluding tert-OH is 1. The quantitative estimate of drug-likeness (QED) is 0.646. The van der Waals surface area contributed by atoms with Gasteiger partial charge in [-0.2, -0.15) is 0 Å². The Morgan fingerprint density at radius 3 is 2.31 bits per heavy atom. The Balaban J connectivity index is 3.91. The van der Waals surface area contributed by atoms with Gasteiger partial charge in [0.1, 0.15) is 0 Å². The Labute approximate surface area is 99.8 Å². The van der Waals surface area contributed by atoms with Gasteiger partial charge in [-0.1, -0.05) is 20.8 Å². The Bertz CT molecular complexity index is 169. The number of nitrogens with zero attached hydrogens (tertiary/aromatic N) is 1. The Morgan fingerprint density at radius 2 is 1.88 bits per heavy atom. The third-order valence-electron chi connectivity index (χ3n) is 2.90. The first-order valence-corrected chi connectivity index (χ1v) is 5.99. The summed E-state index contributed by atoms with van der Waals surface area (Å²) in [5.41, 5.74) is 6.25. The standard InChI is InChI=1S/C12H28N2O2/c1-12(2,3)11(13)5-6-14(7-9-15)8-10-16-4/h11,15H,5-10,13H2,1-4H3. The molecule has 0 spiro atoms. The maximum Gasteiger partial charge on any atom is 0.0589 e. The monoisotopic (exact) mass is 232 g/mol. The van der Waals surface area contributed by atoms with E-state index in [1.807, 2.05) is 0 Å². The molecule has 98 valence electrons. The van der Waals surface area contributed by atoms with Gasteiger partial charge in [-0.05, 0) is 18.4 Å². The summed E-state index contributed by atoms with van der Waals surface area (Å²) in [6.07, 6.45) is 0.952. The molecule has 0 aromatic heterocycles. The zero-order valence-corrected chi connectivity index (χ0v) is 11.2. The van der Waals surface area contributed by atoms with Crippen LogP contribution in [-0.4, -0.2) is 56.0 Å². The van der Waals surface area contributed by atoms with Crippen molar-refractivity contribution in [3.05, 3.63) is 0 Å². The summed E-state index contributed by atoms with van der Waals surface area (Å²) in [6.45, 7) is 9.82. The van der Waals surface area contributed by atoms with E-state index < -0.39 is 0 Å². The highest BCUT2D eigenvalue weighted by atomic mass is 16.5. The molecule has 0 saturated carbocycles. The van der Waals surface area contributed by atoms with E-state index in [-0.39, 0.29) is 18.1 Å². The van der Waals surface area contributed by atoms with Crippen LogP contribution < -0.4 is 5.73 Å². The van der Waals surface area contributed by atoms with E-state index in [4.69, 9.17) is 15.6 Å². The Hall–Kier alpha value is -0.160. The normalized spacial score (nSPS) is 14.4. The second-order valence-electron chi connectivity index (χ2n) is 5.32. The third-order valence-corrected chi connectivity index (χ3v) is 2.90. The van der Waals surface area contributed by atoms with Crippen molar-refractivity contribution in [2.75, 3.05) is 40.0 Å². The fraction of sp³-hybridized carbons (Fsp3) is 1.00. The van der Waals surface area contributed by atoms with Crippen molar-refractivity contribution >= 4 is 0 Å². The molecule has 0 amide bonds. The van der Waals surface area contributed by atoms with E-state index >= 15 is 0 Å². The summed E-state index contributed by atoms with van der Waals surface area (Å²) in [5, 5.41) is 8.95. The van der Waals surface area contributed by atoms with Crippen LogP contribution in [0.2, 0.25) is 0 Å². The van der Waals surface area contributed by atoms with Crippen molar-refractivity contribution in [3.63, 3.8) is 0 Å². The van der Waals surface area contributed by atoms with Crippen LogP contribution in [0.4, 0.5) is 0 Å². The molecule has 0 bridgehead atoms. The van der Waals surface area contributed by atoms with Crippen molar-refractivity contribution in [1.82, 2.24) is 4.90 Å². The van der Waals surface area contributed by atoms with Crippen molar-refractivity contribution in [3.8, 4) is 0 Å². The zero-order valence-electron chi connectivity index (χ0n) is 11.2. The van der Waals surface area contributed by atoms with Gasteiger partial charge < -0.3 is 15.6 Å². The molecule has 0 radical (unpaired) electrons. The minimum atomic E-state index is 0.145. The molecule has 1 unspecified atom stereocenters. The van der Waals surface area contributed by atoms with E-state index in [1.165, 1.54) is 0 Å². The van der Waals surface area contributed by atoms with Gasteiger partial charge in [0, 0.05) is 26.2 Å². The number of rotatable bonds is 8. The molecule has 0 aromatic carbocycles. The molecule has 0 aliphatic heterocycles. The van der Waals surface area contributed by atoms with Gasteiger partial charge in [0.15, 0.2) is 0 Å². The van der Waals surface area contributed by atoms with E-state index in [9.17, 15) is 0 Å². The number of nitrogens with two attached hydrogens (primary N) is 1. The van der Waals surface area contributed by atoms with Crippen molar-refractivity contribution in [2.24, 2.45) is 11.1 Å². The summed E-state index contributed by atoms with van der Waals surface area (Å²) in [6, 6.07) is 0.191. The second kappa shape index (κ2) is 8.01. The van der Waals surface area contributed by atoms with Gasteiger partial charge in [-0.3, -0.25) is 4.90 Å². The van der Waals surface area contributed by atoms with Crippen molar-refractivity contribution in [2.45, 2.75) is 33.2 Å². The molecule has 4 nitrogen and oxygen atoms in total. The van der Waals surface area contributed by atoms with Gasteiger partial charge in [0.25, 0.3) is 0 Å². The fourth-order valence-corrected chi connectivity index (χ4v) is 1.45. The highest BCUT2D eigenvalue weighted by molar-refractivity contribution is 4.78. The van der Waals surface area contributed by atoms with Crippen LogP contribution in [0.5, 0.6) is 0 Å². The maximum absolute atomic E-state index is 8.95. The fourth-order valence-electron chi connectivity index (χ4n) is 1.45. The number of methoxy groups -OCH3 is 1. The van der Waals surface area contributed by atoms with Crippen LogP contribution in [0.15, 0.2) is 0 Å². The average molecular weight is 232 g/mol. The Kier molecular flexibility index (Phi) is 7.93. The first kappa shape index (κ1) is 15.8. The largest absolute Gasteiger partial charge is 0.395 e. The third kappa shape index (κ3) is 7.17. The van der Waals surface area contributed by atoms with Crippen LogP contribution in [0.1, 0.15) is 27.2 Å². The molecular formula is C12H28N2O2. The van der Waals surface area contributed by atoms with E-state index in [1.54, 1.807) is 7.11 Å². The lowest BCUT2D eigenvalue weighted by atomic mass is 9.85. The van der Waals surface area contributed by atoms with Crippen molar-refractivity contribution < 1.29 is 9.84 Å². The van der Waals surface area contributed by atoms with Crippen LogP contribution >= 0.6 is 0 Å². The molecule has 0 aromatic rings. The Morgan fingerprint density at radius 1 is 1.25 bits per heavy atom. The lowest BCUT2D eigenvalue weighted by Crippen LogP contribution is -2.40. The molecule has 0 saturated heterocycles. The molecule has 0 fully saturated rings. The van der Waals surface area contributed by atoms with E-state index in [2.05, 4.69) is 25.7 Å². The van der Waals surface area contributed by atoms with Crippen LogP contribution in [0.25, 0.3) is 0 Å². The zero-order chi connectivity index (χ0) is 12.6. The molecular weight excluding hydrogens is 204 g/mol. The van der Waals surface area contributed by atoms with Gasteiger partial charge in [0.05, 0.1) is 13.2 Å². The molecule has 0 heterocycles. The van der Waals surface area contributed by atoms with Crippen LogP contribution in [0.3, 0.4) is 0 Å². The minimum absolute atomic E-state index is 0.145. The molecule has 4 heteroatoms. The number of hydrogen-bond donors (Lipinski definition) is 2. The highest BCUT2D eigenvalue weighted by Gasteiger charge is 2.20. The second-order valence-corrected chi connectivity index (χ2v) is 5.32. The molecule has 0 aliphatic rings. The maximum atomic E-state index is 8.95. The minimum Gasteiger partial charge on any atom is -0.395 e. The van der Waals surface area contributed by atoms with E-state index in [0.717, 1.165) is 19.5 Å². The summed E-state index contributed by atoms with van der Waals surface area (Å²) >= 11 is 0. The predicted molar refractivity (Wildman–Crippen MR) is 67.4 cm³/mol. The van der Waals surface area contributed by atoms with Gasteiger partial charge in [-0.25, -0.2) is 0 Å². The molecule has 0 aliphatic carbocycles. The highest BCUT2D eigenvalue weighted by Crippen LogP contribution is 2.19. The topological polar surface area (TPSA) is 58.7 Å². The first-order chi connectivity index (χ1) is 7.41. The SMILES string of the molecule is COCCN(CCO)CCC(N)C(C)(C)C. The molecule has 0 rings (SSSR count). The summed E-state index contributed by atoms with van der Waals surface area (Å²) in [5.74, 6) is 0. The lowest BCUT2D eigenvalue weighted by molar-refractivity contribution is 0.124. The first-order valence-electron chi connectivity index (χ1n) is 5.99. The summed E-state index contributed by atoms with van der Waals surface area (Å²) in [7, 11) is 1.69. The molecule has 1 atom stereocenters. The van der Waals surface area contributed by atoms with Crippen molar-refractivity contribution in [1.29, 1.82) is 0 Å². The van der Waals surface area contributed by atoms with Gasteiger partial charge in [0.2, 0.25) is 0 Å². The number of aliphatic hydroxyl groups is 1. The molecule has 16 heavy (non-hydrogen) atoms. The number of hydrogen-bond acceptors (Lipinski definition) is 4. The molecule has 3 N–H and O–H groups in total. The van der Waals surface area contributed by atoms with Crippen LogP contribution in [-0.2, 0) is 4.74 Å². The predicted octanol–water partition coefficient (Wildman–Crippen LogP) is 0.691.